The van der Waals surface area contributed by atoms with Gasteiger partial charge in [-0.2, -0.15) is 13.2 Å². The predicted octanol–water partition coefficient (Wildman–Crippen LogP) is 2.72. The zero-order valence-corrected chi connectivity index (χ0v) is 15.0. The van der Waals surface area contributed by atoms with Crippen molar-refractivity contribution in [3.05, 3.63) is 22.3 Å². The number of anilines is 1. The summed E-state index contributed by atoms with van der Waals surface area (Å²) in [6.07, 6.45) is -1.27. The summed E-state index contributed by atoms with van der Waals surface area (Å²) in [5, 5.41) is 0. The average molecular weight is 416 g/mol. The van der Waals surface area contributed by atoms with Gasteiger partial charge in [-0.05, 0) is 34.8 Å². The van der Waals surface area contributed by atoms with Crippen molar-refractivity contribution in [2.45, 2.75) is 25.1 Å². The lowest BCUT2D eigenvalue weighted by molar-refractivity contribution is -0.137. The molecule has 5 nitrogen and oxygen atoms in total. The van der Waals surface area contributed by atoms with Gasteiger partial charge in [0.25, 0.3) is 0 Å². The van der Waals surface area contributed by atoms with Crippen LogP contribution < -0.4 is 4.90 Å². The lowest BCUT2D eigenvalue weighted by Crippen LogP contribution is -2.45. The number of piperidine rings is 1. The first-order valence-electron chi connectivity index (χ1n) is 6.91. The van der Waals surface area contributed by atoms with Crippen LogP contribution in [0, 0.1) is 0 Å². The van der Waals surface area contributed by atoms with E-state index in [4.69, 9.17) is 0 Å². The van der Waals surface area contributed by atoms with Crippen LogP contribution in [0.3, 0.4) is 0 Å². The highest BCUT2D eigenvalue weighted by Gasteiger charge is 2.33. The Morgan fingerprint density at radius 1 is 1.35 bits per heavy atom. The zero-order chi connectivity index (χ0) is 17.4. The summed E-state index contributed by atoms with van der Waals surface area (Å²) in [5.41, 5.74) is -0.806. The molecule has 1 fully saturated rings. The van der Waals surface area contributed by atoms with Crippen LogP contribution in [0.5, 0.6) is 0 Å². The van der Waals surface area contributed by atoms with E-state index in [2.05, 4.69) is 20.9 Å². The smallest absolute Gasteiger partial charge is 0.356 e. The largest absolute Gasteiger partial charge is 0.417 e. The summed E-state index contributed by atoms with van der Waals surface area (Å²) in [4.78, 5) is 5.77. The van der Waals surface area contributed by atoms with Crippen molar-refractivity contribution >= 4 is 31.8 Å². The maximum Gasteiger partial charge on any atom is 0.417 e. The molecule has 1 saturated heterocycles. The van der Waals surface area contributed by atoms with Gasteiger partial charge in [0.15, 0.2) is 0 Å². The first kappa shape index (κ1) is 18.5. The van der Waals surface area contributed by atoms with E-state index in [9.17, 15) is 21.6 Å². The minimum absolute atomic E-state index is 0.102. The molecule has 0 aromatic carbocycles. The van der Waals surface area contributed by atoms with Gasteiger partial charge in [-0.25, -0.2) is 17.7 Å². The molecule has 1 aromatic heterocycles. The molecule has 0 amide bonds. The molecule has 0 atom stereocenters. The number of sulfonamides is 1. The van der Waals surface area contributed by atoms with Crippen molar-refractivity contribution in [1.29, 1.82) is 0 Å². The number of nitrogens with zero attached hydrogens (tertiary/aromatic N) is 3. The fourth-order valence-corrected chi connectivity index (χ4v) is 3.88. The van der Waals surface area contributed by atoms with Crippen molar-refractivity contribution in [3.63, 3.8) is 0 Å². The van der Waals surface area contributed by atoms with Crippen molar-refractivity contribution in [1.82, 2.24) is 9.29 Å². The summed E-state index contributed by atoms with van der Waals surface area (Å²) in [6.45, 7) is 1.06. The molecule has 0 saturated carbocycles. The lowest BCUT2D eigenvalue weighted by atomic mass is 10.1. The van der Waals surface area contributed by atoms with E-state index in [1.807, 2.05) is 4.90 Å². The molecular weight excluding hydrogens is 399 g/mol. The van der Waals surface area contributed by atoms with Crippen LogP contribution in [-0.4, -0.2) is 50.1 Å². The molecule has 0 aliphatic carbocycles. The van der Waals surface area contributed by atoms with Crippen LogP contribution in [0.25, 0.3) is 0 Å². The molecule has 0 bridgehead atoms. The van der Waals surface area contributed by atoms with E-state index in [0.717, 1.165) is 18.5 Å². The number of halogens is 4. The summed E-state index contributed by atoms with van der Waals surface area (Å²) in [7, 11) is -1.71. The standard InChI is InChI=1S/C13H17BrF3N3O2S/c1-19(23(2,21)22)10-3-5-20(6-4-10)12-11(14)7-9(8-18-12)13(15,16)17/h7-8,10H,3-6H2,1-2H3. The van der Waals surface area contributed by atoms with E-state index in [0.29, 0.717) is 31.7 Å². The second kappa shape index (κ2) is 6.56. The molecule has 0 N–H and O–H groups in total. The van der Waals surface area contributed by atoms with Crippen LogP contribution in [0.2, 0.25) is 0 Å². The van der Waals surface area contributed by atoms with Crippen LogP contribution in [0.1, 0.15) is 18.4 Å². The van der Waals surface area contributed by atoms with Crippen molar-refractivity contribution in [2.75, 3.05) is 31.3 Å². The highest BCUT2D eigenvalue weighted by molar-refractivity contribution is 9.10. The van der Waals surface area contributed by atoms with E-state index in [-0.39, 0.29) is 10.5 Å². The predicted molar refractivity (Wildman–Crippen MR) is 84.8 cm³/mol. The Bertz CT molecular complexity index is 674. The van der Waals surface area contributed by atoms with Gasteiger partial charge in [0.2, 0.25) is 10.0 Å². The third-order valence-electron chi connectivity index (χ3n) is 3.95. The molecule has 23 heavy (non-hydrogen) atoms. The van der Waals surface area contributed by atoms with E-state index in [1.54, 1.807) is 7.05 Å². The van der Waals surface area contributed by atoms with Gasteiger partial charge in [-0.15, -0.1) is 0 Å². The average Bonchev–Trinajstić information content (AvgIpc) is 2.45. The molecule has 1 aromatic rings. The van der Waals surface area contributed by atoms with E-state index < -0.39 is 21.8 Å². The molecule has 0 spiro atoms. The molecule has 0 unspecified atom stereocenters. The van der Waals surface area contributed by atoms with Crippen molar-refractivity contribution < 1.29 is 21.6 Å². The lowest BCUT2D eigenvalue weighted by Gasteiger charge is -2.36. The van der Waals surface area contributed by atoms with Gasteiger partial charge in [0.05, 0.1) is 16.3 Å². The van der Waals surface area contributed by atoms with E-state index in [1.165, 1.54) is 4.31 Å². The Morgan fingerprint density at radius 3 is 2.35 bits per heavy atom. The number of hydrogen-bond acceptors (Lipinski definition) is 4. The fourth-order valence-electron chi connectivity index (χ4n) is 2.53. The number of aromatic nitrogens is 1. The molecule has 2 heterocycles. The number of hydrogen-bond donors (Lipinski definition) is 0. The quantitative estimate of drug-likeness (QED) is 0.761. The van der Waals surface area contributed by atoms with Crippen LogP contribution >= 0.6 is 15.9 Å². The highest BCUT2D eigenvalue weighted by atomic mass is 79.9. The molecule has 2 rings (SSSR count). The molecular formula is C13H17BrF3N3O2S. The molecule has 1 aliphatic rings. The summed E-state index contributed by atoms with van der Waals surface area (Å²) in [5.74, 6) is 0.443. The first-order chi connectivity index (χ1) is 10.5. The van der Waals surface area contributed by atoms with E-state index >= 15 is 0 Å². The van der Waals surface area contributed by atoms with Gasteiger partial charge < -0.3 is 4.90 Å². The minimum Gasteiger partial charge on any atom is -0.356 e. The SMILES string of the molecule is CN(C1CCN(c2ncc(C(F)(F)F)cc2Br)CC1)S(C)(=O)=O. The zero-order valence-electron chi connectivity index (χ0n) is 12.6. The second-order valence-corrected chi connectivity index (χ2v) is 8.42. The maximum atomic E-state index is 12.7. The Hall–Kier alpha value is -0.870. The van der Waals surface area contributed by atoms with Gasteiger partial charge in [0.1, 0.15) is 5.82 Å². The summed E-state index contributed by atoms with van der Waals surface area (Å²) in [6, 6.07) is 0.909. The monoisotopic (exact) mass is 415 g/mol. The second-order valence-electron chi connectivity index (χ2n) is 5.52. The topological polar surface area (TPSA) is 53.5 Å². The van der Waals surface area contributed by atoms with Crippen LogP contribution in [0.15, 0.2) is 16.7 Å². The fraction of sp³-hybridized carbons (Fsp3) is 0.615. The van der Waals surface area contributed by atoms with Gasteiger partial charge in [0, 0.05) is 32.4 Å². The Labute approximate surface area is 141 Å². The van der Waals surface area contributed by atoms with Crippen molar-refractivity contribution in [3.8, 4) is 0 Å². The maximum absolute atomic E-state index is 12.7. The third-order valence-corrected chi connectivity index (χ3v) is 5.88. The molecule has 1 aliphatic heterocycles. The molecule has 130 valence electrons. The van der Waals surface area contributed by atoms with Gasteiger partial charge in [-0.3, -0.25) is 0 Å². The Balaban J connectivity index is 2.09. The molecule has 10 heteroatoms. The Kier molecular flexibility index (Phi) is 5.27. The Morgan fingerprint density at radius 2 is 1.91 bits per heavy atom. The number of alkyl halides is 3. The minimum atomic E-state index is -4.43. The summed E-state index contributed by atoms with van der Waals surface area (Å²) >= 11 is 3.14. The molecule has 0 radical (unpaired) electrons. The van der Waals surface area contributed by atoms with Crippen molar-refractivity contribution in [2.24, 2.45) is 0 Å². The normalized spacial score (nSPS) is 17.8. The van der Waals surface area contributed by atoms with Crippen LogP contribution in [0.4, 0.5) is 19.0 Å². The number of pyridine rings is 1. The highest BCUT2D eigenvalue weighted by Crippen LogP contribution is 2.34. The first-order valence-corrected chi connectivity index (χ1v) is 9.55. The van der Waals surface area contributed by atoms with Crippen LogP contribution in [-0.2, 0) is 16.2 Å². The summed E-state index contributed by atoms with van der Waals surface area (Å²) < 4.78 is 62.7. The van der Waals surface area contributed by atoms with Gasteiger partial charge >= 0.3 is 6.18 Å². The number of rotatable bonds is 3. The van der Waals surface area contributed by atoms with Gasteiger partial charge in [-0.1, -0.05) is 0 Å². The third kappa shape index (κ3) is 4.36.